The van der Waals surface area contributed by atoms with Crippen LogP contribution in [0.15, 0.2) is 16.9 Å². The minimum absolute atomic E-state index is 0.195. The standard InChI is InChI=1S/C12H18N6O/c1-17-4-3-13-7-10(17)12-15-11(19-16-12)5-9-6-14-18(2)8-9/h6,8,10,13H,3-5,7H2,1-2H3. The van der Waals surface area contributed by atoms with Crippen molar-refractivity contribution in [2.24, 2.45) is 7.05 Å². The van der Waals surface area contributed by atoms with Crippen LogP contribution in [0.25, 0.3) is 0 Å². The number of nitrogens with zero attached hydrogens (tertiary/aromatic N) is 5. The van der Waals surface area contributed by atoms with Crippen LogP contribution in [0.1, 0.15) is 23.3 Å². The molecule has 7 heteroatoms. The van der Waals surface area contributed by atoms with Crippen molar-refractivity contribution < 1.29 is 4.52 Å². The molecule has 0 aromatic carbocycles. The molecule has 1 fully saturated rings. The van der Waals surface area contributed by atoms with Gasteiger partial charge in [0.1, 0.15) is 0 Å². The van der Waals surface area contributed by atoms with E-state index in [-0.39, 0.29) is 6.04 Å². The Morgan fingerprint density at radius 3 is 3.11 bits per heavy atom. The summed E-state index contributed by atoms with van der Waals surface area (Å²) in [4.78, 5) is 6.74. The molecular weight excluding hydrogens is 244 g/mol. The SMILES string of the molecule is CN1CCNCC1c1noc(Cc2cnn(C)c2)n1. The number of aromatic nitrogens is 4. The van der Waals surface area contributed by atoms with Gasteiger partial charge in [-0.15, -0.1) is 0 Å². The second kappa shape index (κ2) is 5.10. The third-order valence-corrected chi connectivity index (χ3v) is 3.41. The van der Waals surface area contributed by atoms with Gasteiger partial charge >= 0.3 is 0 Å². The maximum absolute atomic E-state index is 5.33. The minimum atomic E-state index is 0.195. The van der Waals surface area contributed by atoms with Gasteiger partial charge in [-0.05, 0) is 12.6 Å². The molecule has 1 saturated heterocycles. The fourth-order valence-corrected chi connectivity index (χ4v) is 2.31. The molecule has 0 radical (unpaired) electrons. The van der Waals surface area contributed by atoms with Gasteiger partial charge in [-0.1, -0.05) is 5.16 Å². The number of rotatable bonds is 3. The summed E-state index contributed by atoms with van der Waals surface area (Å²) in [6.07, 6.45) is 4.40. The van der Waals surface area contributed by atoms with E-state index in [1.165, 1.54) is 0 Å². The van der Waals surface area contributed by atoms with E-state index >= 15 is 0 Å². The van der Waals surface area contributed by atoms with Crippen molar-refractivity contribution in [2.45, 2.75) is 12.5 Å². The molecule has 7 nitrogen and oxygen atoms in total. The van der Waals surface area contributed by atoms with Crippen LogP contribution < -0.4 is 5.32 Å². The largest absolute Gasteiger partial charge is 0.339 e. The Labute approximate surface area is 111 Å². The lowest BCUT2D eigenvalue weighted by Crippen LogP contribution is -2.44. The topological polar surface area (TPSA) is 72.0 Å². The van der Waals surface area contributed by atoms with E-state index in [4.69, 9.17) is 4.52 Å². The molecule has 3 heterocycles. The third kappa shape index (κ3) is 2.66. The van der Waals surface area contributed by atoms with Gasteiger partial charge in [0.15, 0.2) is 5.82 Å². The average molecular weight is 262 g/mol. The summed E-state index contributed by atoms with van der Waals surface area (Å²) in [5, 5.41) is 11.6. The molecule has 3 rings (SSSR count). The summed E-state index contributed by atoms with van der Waals surface area (Å²) in [6.45, 7) is 2.87. The Morgan fingerprint density at radius 2 is 2.37 bits per heavy atom. The number of piperazine rings is 1. The molecule has 2 aromatic heterocycles. The van der Waals surface area contributed by atoms with Crippen LogP contribution in [0.5, 0.6) is 0 Å². The summed E-state index contributed by atoms with van der Waals surface area (Å²) in [5.74, 6) is 1.40. The fraction of sp³-hybridized carbons (Fsp3) is 0.583. The molecule has 1 N–H and O–H groups in total. The fourth-order valence-electron chi connectivity index (χ4n) is 2.31. The molecule has 0 aliphatic carbocycles. The van der Waals surface area contributed by atoms with Crippen LogP contribution >= 0.6 is 0 Å². The van der Waals surface area contributed by atoms with Gasteiger partial charge in [0, 0.05) is 32.9 Å². The average Bonchev–Trinajstić information content (AvgIpc) is 3.00. The lowest BCUT2D eigenvalue weighted by molar-refractivity contribution is 0.190. The lowest BCUT2D eigenvalue weighted by Gasteiger charge is -2.30. The smallest absolute Gasteiger partial charge is 0.231 e. The zero-order chi connectivity index (χ0) is 13.2. The van der Waals surface area contributed by atoms with Crippen LogP contribution in [0.2, 0.25) is 0 Å². The zero-order valence-electron chi connectivity index (χ0n) is 11.2. The molecule has 19 heavy (non-hydrogen) atoms. The van der Waals surface area contributed by atoms with Gasteiger partial charge < -0.3 is 9.84 Å². The first kappa shape index (κ1) is 12.3. The highest BCUT2D eigenvalue weighted by Gasteiger charge is 2.25. The second-order valence-electron chi connectivity index (χ2n) is 4.95. The van der Waals surface area contributed by atoms with Crippen LogP contribution in [0.4, 0.5) is 0 Å². The van der Waals surface area contributed by atoms with Crippen LogP contribution in [-0.4, -0.2) is 51.5 Å². The van der Waals surface area contributed by atoms with E-state index in [1.807, 2.05) is 19.4 Å². The predicted molar refractivity (Wildman–Crippen MR) is 68.6 cm³/mol. The predicted octanol–water partition coefficient (Wildman–Crippen LogP) is -0.0300. The maximum Gasteiger partial charge on any atom is 0.231 e. The van der Waals surface area contributed by atoms with E-state index in [9.17, 15) is 0 Å². The zero-order valence-corrected chi connectivity index (χ0v) is 11.2. The highest BCUT2D eigenvalue weighted by molar-refractivity contribution is 5.10. The van der Waals surface area contributed by atoms with Crippen molar-refractivity contribution in [3.8, 4) is 0 Å². The number of aryl methyl sites for hydroxylation is 1. The second-order valence-corrected chi connectivity index (χ2v) is 4.95. The molecule has 1 atom stereocenters. The van der Waals surface area contributed by atoms with Crippen molar-refractivity contribution in [3.05, 3.63) is 29.7 Å². The molecule has 1 unspecified atom stereocenters. The van der Waals surface area contributed by atoms with E-state index < -0.39 is 0 Å². The van der Waals surface area contributed by atoms with E-state index in [1.54, 1.807) is 4.68 Å². The van der Waals surface area contributed by atoms with Gasteiger partial charge in [0.05, 0.1) is 18.7 Å². The Hall–Kier alpha value is -1.73. The Bertz CT molecular complexity index is 548. The number of nitrogens with one attached hydrogen (secondary N) is 1. The molecule has 2 aromatic rings. The minimum Gasteiger partial charge on any atom is -0.339 e. The third-order valence-electron chi connectivity index (χ3n) is 3.41. The molecule has 0 saturated carbocycles. The Balaban J connectivity index is 1.72. The van der Waals surface area contributed by atoms with Crippen molar-refractivity contribution in [2.75, 3.05) is 26.7 Å². The van der Waals surface area contributed by atoms with E-state index in [0.29, 0.717) is 12.3 Å². The Morgan fingerprint density at radius 1 is 1.47 bits per heavy atom. The van der Waals surface area contributed by atoms with Crippen LogP contribution in [-0.2, 0) is 13.5 Å². The summed E-state index contributed by atoms with van der Waals surface area (Å²) in [7, 11) is 3.98. The van der Waals surface area contributed by atoms with Gasteiger partial charge in [0.2, 0.25) is 5.89 Å². The van der Waals surface area contributed by atoms with Crippen molar-refractivity contribution in [1.82, 2.24) is 30.1 Å². The summed E-state index contributed by atoms with van der Waals surface area (Å²) in [5.41, 5.74) is 1.08. The monoisotopic (exact) mass is 262 g/mol. The summed E-state index contributed by atoms with van der Waals surface area (Å²) in [6, 6.07) is 0.195. The number of hydrogen-bond donors (Lipinski definition) is 1. The summed E-state index contributed by atoms with van der Waals surface area (Å²) < 4.78 is 7.10. The molecule has 0 bridgehead atoms. The molecule has 1 aliphatic rings. The summed E-state index contributed by atoms with van der Waals surface area (Å²) >= 11 is 0. The van der Waals surface area contributed by atoms with E-state index in [2.05, 4.69) is 32.5 Å². The first-order valence-corrected chi connectivity index (χ1v) is 6.43. The first-order valence-electron chi connectivity index (χ1n) is 6.43. The molecular formula is C12H18N6O. The van der Waals surface area contributed by atoms with Crippen LogP contribution in [0, 0.1) is 0 Å². The lowest BCUT2D eigenvalue weighted by atomic mass is 10.2. The quantitative estimate of drug-likeness (QED) is 0.837. The van der Waals surface area contributed by atoms with Crippen molar-refractivity contribution >= 4 is 0 Å². The molecule has 0 spiro atoms. The highest BCUT2D eigenvalue weighted by Crippen LogP contribution is 2.18. The van der Waals surface area contributed by atoms with Gasteiger partial charge in [-0.2, -0.15) is 10.1 Å². The van der Waals surface area contributed by atoms with Crippen LogP contribution in [0.3, 0.4) is 0 Å². The van der Waals surface area contributed by atoms with Gasteiger partial charge in [0.25, 0.3) is 0 Å². The highest BCUT2D eigenvalue weighted by atomic mass is 16.5. The first-order chi connectivity index (χ1) is 9.22. The Kier molecular flexibility index (Phi) is 3.31. The normalized spacial score (nSPS) is 20.8. The van der Waals surface area contributed by atoms with Gasteiger partial charge in [-0.3, -0.25) is 9.58 Å². The maximum atomic E-state index is 5.33. The molecule has 1 aliphatic heterocycles. The van der Waals surface area contributed by atoms with Crippen molar-refractivity contribution in [3.63, 3.8) is 0 Å². The number of hydrogen-bond acceptors (Lipinski definition) is 6. The molecule has 0 amide bonds. The molecule has 102 valence electrons. The van der Waals surface area contributed by atoms with E-state index in [0.717, 1.165) is 31.0 Å². The number of likely N-dealkylation sites (N-methyl/N-ethyl adjacent to an activating group) is 1. The van der Waals surface area contributed by atoms with Crippen molar-refractivity contribution in [1.29, 1.82) is 0 Å². The van der Waals surface area contributed by atoms with Gasteiger partial charge in [-0.25, -0.2) is 0 Å².